The molecule has 1 saturated heterocycles. The summed E-state index contributed by atoms with van der Waals surface area (Å²) in [6.07, 6.45) is 5.62. The number of amides is 2. The zero-order chi connectivity index (χ0) is 25.8. The molecule has 0 atom stereocenters. The highest BCUT2D eigenvalue weighted by molar-refractivity contribution is 6.14. The van der Waals surface area contributed by atoms with Gasteiger partial charge in [-0.25, -0.2) is 9.78 Å². The first-order chi connectivity index (χ1) is 17.3. The van der Waals surface area contributed by atoms with Gasteiger partial charge in [0.25, 0.3) is 5.91 Å². The van der Waals surface area contributed by atoms with Crippen LogP contribution in [0, 0.1) is 5.92 Å². The van der Waals surface area contributed by atoms with Gasteiger partial charge in [-0.3, -0.25) is 9.59 Å². The van der Waals surface area contributed by atoms with Crippen LogP contribution in [0.1, 0.15) is 61.1 Å². The molecule has 192 valence electrons. The minimum Gasteiger partial charge on any atom is -0.464 e. The molecule has 2 amide bonds. The van der Waals surface area contributed by atoms with Gasteiger partial charge in [0, 0.05) is 38.0 Å². The van der Waals surface area contributed by atoms with Gasteiger partial charge in [0.15, 0.2) is 11.5 Å². The van der Waals surface area contributed by atoms with Crippen molar-refractivity contribution < 1.29 is 23.5 Å². The molecule has 4 rings (SSSR count). The Balaban J connectivity index is 1.72. The Morgan fingerprint density at radius 2 is 2.00 bits per heavy atom. The number of ether oxygens (including phenoxy) is 1. The van der Waals surface area contributed by atoms with E-state index in [1.165, 1.54) is 13.4 Å². The van der Waals surface area contributed by atoms with Gasteiger partial charge >= 0.3 is 5.97 Å². The molecule has 0 radical (unpaired) electrons. The molecule has 1 aliphatic rings. The van der Waals surface area contributed by atoms with Crippen LogP contribution in [0.4, 0.5) is 11.4 Å². The van der Waals surface area contributed by atoms with Gasteiger partial charge in [0.05, 0.1) is 30.9 Å². The molecule has 0 spiro atoms. The first kappa shape index (κ1) is 25.3. The Labute approximate surface area is 210 Å². The number of anilines is 2. The van der Waals surface area contributed by atoms with Crippen molar-refractivity contribution in [2.75, 3.05) is 30.8 Å². The fourth-order valence-electron chi connectivity index (χ4n) is 4.50. The predicted molar refractivity (Wildman–Crippen MR) is 136 cm³/mol. The average molecular weight is 496 g/mol. The van der Waals surface area contributed by atoms with Gasteiger partial charge in [-0.1, -0.05) is 13.8 Å². The number of piperidine rings is 1. The third kappa shape index (κ3) is 5.37. The second-order valence-corrected chi connectivity index (χ2v) is 9.50. The molecule has 0 unspecified atom stereocenters. The fraction of sp³-hybridized carbons (Fsp3) is 0.462. The number of esters is 1. The van der Waals surface area contributed by atoms with E-state index in [0.717, 1.165) is 24.9 Å². The number of carbonyl (C=O) groups is 3. The third-order valence-corrected chi connectivity index (χ3v) is 6.50. The Morgan fingerprint density at radius 1 is 1.25 bits per heavy atom. The summed E-state index contributed by atoms with van der Waals surface area (Å²) >= 11 is 0. The lowest BCUT2D eigenvalue weighted by molar-refractivity contribution is -0.129. The molecule has 36 heavy (non-hydrogen) atoms. The van der Waals surface area contributed by atoms with E-state index in [0.29, 0.717) is 42.3 Å². The summed E-state index contributed by atoms with van der Waals surface area (Å²) in [6, 6.07) is 5.27. The highest BCUT2D eigenvalue weighted by Gasteiger charge is 2.28. The van der Waals surface area contributed by atoms with E-state index in [1.807, 2.05) is 15.5 Å². The molecule has 2 N–H and O–H groups in total. The summed E-state index contributed by atoms with van der Waals surface area (Å²) in [4.78, 5) is 44.0. The van der Waals surface area contributed by atoms with Gasteiger partial charge in [0.2, 0.25) is 5.91 Å². The number of furan rings is 1. The number of fused-ring (bicyclic) bond motifs is 1. The van der Waals surface area contributed by atoms with Gasteiger partial charge in [-0.05, 0) is 43.4 Å². The number of nitrogens with one attached hydrogen (secondary N) is 2. The molecular formula is C26H33N5O5. The lowest BCUT2D eigenvalue weighted by Crippen LogP contribution is -2.41. The molecule has 3 aromatic heterocycles. The third-order valence-electron chi connectivity index (χ3n) is 6.50. The molecule has 0 bridgehead atoms. The van der Waals surface area contributed by atoms with Crippen LogP contribution in [0.2, 0.25) is 0 Å². The highest BCUT2D eigenvalue weighted by atomic mass is 16.5. The molecule has 1 aliphatic heterocycles. The van der Waals surface area contributed by atoms with Crippen LogP contribution >= 0.6 is 0 Å². The summed E-state index contributed by atoms with van der Waals surface area (Å²) in [5, 5.41) is 7.00. The maximum absolute atomic E-state index is 12.9. The number of methoxy groups -OCH3 is 1. The topological polar surface area (TPSA) is 119 Å². The van der Waals surface area contributed by atoms with Crippen molar-refractivity contribution in [3.05, 3.63) is 42.1 Å². The standard InChI is InChI=1S/C26H33N5O5/c1-16(2)7-12-31-23(26(34)35-4)22(29-25(33)21-6-5-13-36-21)20-14-19(15-27-24(20)31)28-18-8-10-30(11-9-18)17(3)32/h5-6,13-16,18,28H,7-12H2,1-4H3,(H,29,33). The molecule has 3 aromatic rings. The van der Waals surface area contributed by atoms with Crippen molar-refractivity contribution >= 4 is 40.2 Å². The fourth-order valence-corrected chi connectivity index (χ4v) is 4.50. The van der Waals surface area contributed by atoms with Crippen LogP contribution in [0.5, 0.6) is 0 Å². The van der Waals surface area contributed by atoms with Crippen LogP contribution in [0.25, 0.3) is 11.0 Å². The van der Waals surface area contributed by atoms with Crippen molar-refractivity contribution in [1.29, 1.82) is 0 Å². The number of carbonyl (C=O) groups excluding carboxylic acids is 3. The molecule has 10 heteroatoms. The number of pyridine rings is 1. The van der Waals surface area contributed by atoms with Crippen LogP contribution in [-0.2, 0) is 16.1 Å². The van der Waals surface area contributed by atoms with Crippen molar-refractivity contribution in [2.45, 2.75) is 52.6 Å². The van der Waals surface area contributed by atoms with E-state index in [9.17, 15) is 14.4 Å². The van der Waals surface area contributed by atoms with Crippen molar-refractivity contribution in [1.82, 2.24) is 14.5 Å². The van der Waals surface area contributed by atoms with Crippen molar-refractivity contribution in [3.8, 4) is 0 Å². The van der Waals surface area contributed by atoms with Crippen LogP contribution in [0.3, 0.4) is 0 Å². The largest absolute Gasteiger partial charge is 0.464 e. The first-order valence-corrected chi connectivity index (χ1v) is 12.3. The maximum atomic E-state index is 12.9. The Hall–Kier alpha value is -3.82. The van der Waals surface area contributed by atoms with Crippen LogP contribution in [0.15, 0.2) is 35.1 Å². The van der Waals surface area contributed by atoms with E-state index < -0.39 is 11.9 Å². The number of hydrogen-bond donors (Lipinski definition) is 2. The number of likely N-dealkylation sites (tertiary alicyclic amines) is 1. The lowest BCUT2D eigenvalue weighted by Gasteiger charge is -2.32. The minimum absolute atomic E-state index is 0.0894. The molecule has 0 aliphatic carbocycles. The summed E-state index contributed by atoms with van der Waals surface area (Å²) in [7, 11) is 1.32. The van der Waals surface area contributed by atoms with E-state index in [4.69, 9.17) is 9.15 Å². The average Bonchev–Trinajstić information content (AvgIpc) is 3.50. The monoisotopic (exact) mass is 495 g/mol. The highest BCUT2D eigenvalue weighted by Crippen LogP contribution is 2.34. The molecule has 1 fully saturated rings. The van der Waals surface area contributed by atoms with Gasteiger partial charge in [0.1, 0.15) is 5.65 Å². The van der Waals surface area contributed by atoms with E-state index in [2.05, 4.69) is 29.5 Å². The number of rotatable bonds is 8. The van der Waals surface area contributed by atoms with Crippen molar-refractivity contribution in [2.24, 2.45) is 5.92 Å². The van der Waals surface area contributed by atoms with Crippen LogP contribution < -0.4 is 10.6 Å². The summed E-state index contributed by atoms with van der Waals surface area (Å²) in [5.74, 6) is -0.406. The molecular weight excluding hydrogens is 462 g/mol. The zero-order valence-corrected chi connectivity index (χ0v) is 21.2. The maximum Gasteiger partial charge on any atom is 0.356 e. The minimum atomic E-state index is -0.558. The Morgan fingerprint density at radius 3 is 2.61 bits per heavy atom. The number of aryl methyl sites for hydroxylation is 1. The molecule has 0 saturated carbocycles. The molecule has 10 nitrogen and oxygen atoms in total. The smallest absolute Gasteiger partial charge is 0.356 e. The Kier molecular flexibility index (Phi) is 7.61. The predicted octanol–water partition coefficient (Wildman–Crippen LogP) is 4.14. The second-order valence-electron chi connectivity index (χ2n) is 9.50. The lowest BCUT2D eigenvalue weighted by atomic mass is 10.0. The number of nitrogens with zero attached hydrogens (tertiary/aromatic N) is 3. The first-order valence-electron chi connectivity index (χ1n) is 12.3. The van der Waals surface area contributed by atoms with Gasteiger partial charge < -0.3 is 29.3 Å². The van der Waals surface area contributed by atoms with Gasteiger partial charge in [-0.15, -0.1) is 0 Å². The second kappa shape index (κ2) is 10.8. The molecule has 0 aromatic carbocycles. The van der Waals surface area contributed by atoms with Crippen molar-refractivity contribution in [3.63, 3.8) is 0 Å². The van der Waals surface area contributed by atoms with Gasteiger partial charge in [-0.2, -0.15) is 0 Å². The SMILES string of the molecule is COC(=O)c1c(NC(=O)c2ccco2)c2cc(NC3CCN(C(C)=O)CC3)cnc2n1CCC(C)C. The number of aromatic nitrogens is 2. The summed E-state index contributed by atoms with van der Waals surface area (Å²) < 4.78 is 12.2. The Bertz CT molecular complexity index is 1240. The summed E-state index contributed by atoms with van der Waals surface area (Å²) in [6.45, 7) is 7.74. The normalized spacial score (nSPS) is 14.3. The summed E-state index contributed by atoms with van der Waals surface area (Å²) in [5.41, 5.74) is 1.94. The zero-order valence-electron chi connectivity index (χ0n) is 21.2. The van der Waals surface area contributed by atoms with E-state index in [1.54, 1.807) is 25.3 Å². The number of hydrogen-bond acceptors (Lipinski definition) is 7. The molecule has 4 heterocycles. The quantitative estimate of drug-likeness (QED) is 0.451. The van der Waals surface area contributed by atoms with Crippen LogP contribution in [-0.4, -0.2) is 58.5 Å². The van der Waals surface area contributed by atoms with E-state index in [-0.39, 0.29) is 23.4 Å². The van der Waals surface area contributed by atoms with E-state index >= 15 is 0 Å².